The number of anilines is 1. The zero-order valence-electron chi connectivity index (χ0n) is 18.5. The maximum absolute atomic E-state index is 13.7. The van der Waals surface area contributed by atoms with E-state index >= 15 is 0 Å². The molecule has 1 aromatic heterocycles. The lowest BCUT2D eigenvalue weighted by Crippen LogP contribution is -2.47. The van der Waals surface area contributed by atoms with E-state index in [9.17, 15) is 19.5 Å². The number of esters is 1. The number of hydrogen-bond donors (Lipinski definition) is 2. The highest BCUT2D eigenvalue weighted by atomic mass is 35.5. The standard InChI is InChI=1S/C23H17Cl6NO5S/c1-3-35-20(34)12-11(10-7-5-4-6-8-10)9(2)36-18(12)30-17(31)13-14(19(32)33)22(27)16(25)15(24)21(13,26)23(22,28)29/h4-8,13-14H,3H2,1-2H3,(H,30,31)(H,32,33). The summed E-state index contributed by atoms with van der Waals surface area (Å²) >= 11 is 40.0. The summed E-state index contributed by atoms with van der Waals surface area (Å²) < 4.78 is 3.00. The number of thiophene rings is 1. The van der Waals surface area contributed by atoms with Crippen LogP contribution in [0.25, 0.3) is 11.1 Å². The van der Waals surface area contributed by atoms with Gasteiger partial charge < -0.3 is 15.2 Å². The Balaban J connectivity index is 1.84. The Morgan fingerprint density at radius 2 is 1.58 bits per heavy atom. The Hall–Kier alpha value is -1.19. The van der Waals surface area contributed by atoms with E-state index in [0.717, 1.165) is 16.9 Å². The molecule has 1 saturated carbocycles. The second kappa shape index (κ2) is 9.53. The minimum Gasteiger partial charge on any atom is -0.481 e. The minimum absolute atomic E-state index is 0.0958. The summed E-state index contributed by atoms with van der Waals surface area (Å²) in [5, 5.41) is 12.1. The number of benzene rings is 1. The van der Waals surface area contributed by atoms with Crippen LogP contribution in [0, 0.1) is 18.8 Å². The highest BCUT2D eigenvalue weighted by Crippen LogP contribution is 2.76. The molecular formula is C23H17Cl6NO5S. The number of nitrogens with one attached hydrogen (secondary N) is 1. The van der Waals surface area contributed by atoms with Gasteiger partial charge in [-0.25, -0.2) is 4.79 Å². The number of hydrogen-bond acceptors (Lipinski definition) is 5. The van der Waals surface area contributed by atoms with E-state index in [2.05, 4.69) is 5.32 Å². The molecule has 6 nitrogen and oxygen atoms in total. The lowest BCUT2D eigenvalue weighted by molar-refractivity contribution is -0.146. The van der Waals surface area contributed by atoms with Gasteiger partial charge in [-0.2, -0.15) is 0 Å². The van der Waals surface area contributed by atoms with Crippen LogP contribution in [0.15, 0.2) is 40.4 Å². The summed E-state index contributed by atoms with van der Waals surface area (Å²) in [6, 6.07) is 9.07. The normalized spacial score (nSPS) is 28.3. The van der Waals surface area contributed by atoms with Gasteiger partial charge in [0.2, 0.25) is 5.91 Å². The lowest BCUT2D eigenvalue weighted by Gasteiger charge is -2.33. The van der Waals surface area contributed by atoms with Crippen LogP contribution in [0.3, 0.4) is 0 Å². The van der Waals surface area contributed by atoms with Crippen molar-refractivity contribution in [2.24, 2.45) is 11.8 Å². The van der Waals surface area contributed by atoms with Gasteiger partial charge in [-0.1, -0.05) is 76.7 Å². The molecular weight excluding hydrogens is 615 g/mol. The molecule has 4 unspecified atom stereocenters. The quantitative estimate of drug-likeness (QED) is 0.265. The number of rotatable bonds is 6. The van der Waals surface area contributed by atoms with Crippen LogP contribution < -0.4 is 5.32 Å². The average Bonchev–Trinajstić information content (AvgIpc) is 3.25. The van der Waals surface area contributed by atoms with Gasteiger partial charge in [0.05, 0.1) is 28.5 Å². The van der Waals surface area contributed by atoms with E-state index in [-0.39, 0.29) is 27.2 Å². The number of carbonyl (C=O) groups excluding carboxylic acids is 2. The second-order valence-electron chi connectivity index (χ2n) is 8.23. The molecule has 13 heteroatoms. The molecule has 2 bridgehead atoms. The number of carbonyl (C=O) groups is 3. The van der Waals surface area contributed by atoms with Crippen LogP contribution in [0.5, 0.6) is 0 Å². The van der Waals surface area contributed by atoms with Crippen molar-refractivity contribution in [2.75, 3.05) is 11.9 Å². The number of allylic oxidation sites excluding steroid dienone is 2. The average molecular weight is 632 g/mol. The van der Waals surface area contributed by atoms with Crippen molar-refractivity contribution >= 4 is 104 Å². The molecule has 1 heterocycles. The maximum atomic E-state index is 13.7. The summed E-state index contributed by atoms with van der Waals surface area (Å²) in [6.45, 7) is 3.53. The number of carboxylic acid groups (broad SMARTS) is 1. The van der Waals surface area contributed by atoms with E-state index in [1.165, 1.54) is 0 Å². The largest absolute Gasteiger partial charge is 0.481 e. The molecule has 4 atom stereocenters. The summed E-state index contributed by atoms with van der Waals surface area (Å²) in [5.74, 6) is -6.45. The van der Waals surface area contributed by atoms with Crippen molar-refractivity contribution in [2.45, 2.75) is 27.9 Å². The van der Waals surface area contributed by atoms with E-state index in [1.807, 2.05) is 30.3 Å². The zero-order valence-corrected chi connectivity index (χ0v) is 23.9. The molecule has 2 aromatic rings. The van der Waals surface area contributed by atoms with Crippen LogP contribution in [0.2, 0.25) is 0 Å². The molecule has 0 aliphatic heterocycles. The number of aryl methyl sites for hydroxylation is 1. The molecule has 192 valence electrons. The third-order valence-electron chi connectivity index (χ3n) is 6.35. The van der Waals surface area contributed by atoms with E-state index in [4.69, 9.17) is 74.3 Å². The molecule has 4 rings (SSSR count). The van der Waals surface area contributed by atoms with Crippen LogP contribution in [0.4, 0.5) is 5.00 Å². The van der Waals surface area contributed by atoms with Crippen molar-refractivity contribution < 1.29 is 24.2 Å². The maximum Gasteiger partial charge on any atom is 0.341 e. The molecule has 0 radical (unpaired) electrons. The smallest absolute Gasteiger partial charge is 0.341 e. The van der Waals surface area contributed by atoms with Crippen molar-refractivity contribution in [3.05, 3.63) is 50.8 Å². The molecule has 0 saturated heterocycles. The zero-order chi connectivity index (χ0) is 26.8. The van der Waals surface area contributed by atoms with E-state index < -0.39 is 43.8 Å². The van der Waals surface area contributed by atoms with Crippen molar-refractivity contribution in [3.63, 3.8) is 0 Å². The van der Waals surface area contributed by atoms with Crippen molar-refractivity contribution in [1.29, 1.82) is 0 Å². The number of ether oxygens (including phenoxy) is 1. The number of carboxylic acids is 1. The molecule has 1 amide bonds. The molecule has 0 spiro atoms. The third-order valence-corrected chi connectivity index (χ3v) is 11.6. The Morgan fingerprint density at radius 3 is 2.11 bits per heavy atom. The van der Waals surface area contributed by atoms with Crippen LogP contribution in [0.1, 0.15) is 22.2 Å². The number of alkyl halides is 4. The Bertz CT molecular complexity index is 1310. The van der Waals surface area contributed by atoms with Crippen LogP contribution >= 0.6 is 80.9 Å². The SMILES string of the molecule is CCOC(=O)c1c(NC(=O)C2C(C(=O)O)C3(Cl)C(Cl)=C(Cl)C2(Cl)C3(Cl)Cl)sc(C)c1-c1ccccc1. The molecule has 1 aromatic carbocycles. The fourth-order valence-corrected chi connectivity index (χ4v) is 8.80. The topological polar surface area (TPSA) is 92.7 Å². The number of fused-ring (bicyclic) bond motifs is 2. The Kier molecular flexibility index (Phi) is 7.37. The first-order chi connectivity index (χ1) is 16.8. The second-order valence-corrected chi connectivity index (χ2v) is 12.7. The minimum atomic E-state index is -2.24. The summed E-state index contributed by atoms with van der Waals surface area (Å²) in [7, 11) is 0. The van der Waals surface area contributed by atoms with Crippen LogP contribution in [-0.2, 0) is 14.3 Å². The predicted octanol–water partition coefficient (Wildman–Crippen LogP) is 7.00. The van der Waals surface area contributed by atoms with Gasteiger partial charge in [0.1, 0.15) is 20.3 Å². The van der Waals surface area contributed by atoms with Crippen molar-refractivity contribution in [1.82, 2.24) is 0 Å². The highest BCUT2D eigenvalue weighted by Gasteiger charge is 2.85. The molecule has 36 heavy (non-hydrogen) atoms. The first-order valence-corrected chi connectivity index (χ1v) is 13.6. The summed E-state index contributed by atoms with van der Waals surface area (Å²) in [5.41, 5.74) is 1.40. The van der Waals surface area contributed by atoms with Gasteiger partial charge in [0, 0.05) is 10.4 Å². The highest BCUT2D eigenvalue weighted by molar-refractivity contribution is 7.17. The molecule has 2 N–H and O–H groups in total. The fraction of sp³-hybridized carbons (Fsp3) is 0.348. The third kappa shape index (κ3) is 3.62. The van der Waals surface area contributed by atoms with Crippen LogP contribution in [-0.4, -0.2) is 43.6 Å². The van der Waals surface area contributed by atoms with Gasteiger partial charge in [-0.15, -0.1) is 34.5 Å². The van der Waals surface area contributed by atoms with Gasteiger partial charge in [-0.3, -0.25) is 9.59 Å². The van der Waals surface area contributed by atoms with Gasteiger partial charge in [-0.05, 0) is 19.4 Å². The van der Waals surface area contributed by atoms with Gasteiger partial charge in [0.15, 0.2) is 4.33 Å². The molecule has 2 aliphatic rings. The van der Waals surface area contributed by atoms with Crippen molar-refractivity contribution in [3.8, 4) is 11.1 Å². The molecule has 2 aliphatic carbocycles. The van der Waals surface area contributed by atoms with Gasteiger partial charge >= 0.3 is 11.9 Å². The number of aliphatic carboxylic acids is 1. The molecule has 1 fully saturated rings. The van der Waals surface area contributed by atoms with Gasteiger partial charge in [0.25, 0.3) is 0 Å². The predicted molar refractivity (Wildman–Crippen MR) is 144 cm³/mol. The van der Waals surface area contributed by atoms with E-state index in [1.54, 1.807) is 13.8 Å². The summed E-state index contributed by atoms with van der Waals surface area (Å²) in [4.78, 5) is 35.4. The number of amides is 1. The first-order valence-electron chi connectivity index (χ1n) is 10.5. The fourth-order valence-electron chi connectivity index (χ4n) is 4.80. The summed E-state index contributed by atoms with van der Waals surface area (Å²) in [6.07, 6.45) is 0. The Morgan fingerprint density at radius 1 is 1.03 bits per heavy atom. The number of halogens is 6. The Labute approximate surface area is 240 Å². The van der Waals surface area contributed by atoms with E-state index in [0.29, 0.717) is 10.4 Å². The first kappa shape index (κ1) is 27.8. The lowest BCUT2D eigenvalue weighted by atomic mass is 9.81. The monoisotopic (exact) mass is 629 g/mol.